The molecular formula is C25H29N5O4S. The third-order valence-corrected chi connectivity index (χ3v) is 7.25. The molecule has 2 aromatic heterocycles. The molecule has 1 aliphatic heterocycles. The maximum atomic E-state index is 13.5. The van der Waals surface area contributed by atoms with Gasteiger partial charge in [-0.25, -0.2) is 4.98 Å². The van der Waals surface area contributed by atoms with Crippen LogP contribution in [0, 0.1) is 5.92 Å². The molecule has 0 unspecified atom stereocenters. The second-order valence-corrected chi connectivity index (χ2v) is 9.80. The third kappa shape index (κ3) is 4.75. The quantitative estimate of drug-likeness (QED) is 0.477. The zero-order valence-corrected chi connectivity index (χ0v) is 21.0. The summed E-state index contributed by atoms with van der Waals surface area (Å²) in [7, 11) is 4.88. The Morgan fingerprint density at radius 2 is 2.06 bits per heavy atom. The summed E-state index contributed by atoms with van der Waals surface area (Å²) in [5.41, 5.74) is 5.36. The largest absolute Gasteiger partial charge is 0.497 e. The van der Waals surface area contributed by atoms with Crippen LogP contribution in [0.1, 0.15) is 50.6 Å². The van der Waals surface area contributed by atoms with Gasteiger partial charge in [-0.15, -0.1) is 11.3 Å². The van der Waals surface area contributed by atoms with Gasteiger partial charge in [-0.3, -0.25) is 14.3 Å². The number of amides is 2. The minimum atomic E-state index is -0.157. The number of hydrogen-bond donors (Lipinski definition) is 0. The lowest BCUT2D eigenvalue weighted by atomic mass is 10.0. The van der Waals surface area contributed by atoms with Crippen LogP contribution < -0.4 is 9.47 Å². The van der Waals surface area contributed by atoms with Crippen molar-refractivity contribution in [2.45, 2.75) is 38.9 Å². The second-order valence-electron chi connectivity index (χ2n) is 9.08. The molecule has 3 aromatic rings. The summed E-state index contributed by atoms with van der Waals surface area (Å²) in [4.78, 5) is 34.7. The predicted octanol–water partition coefficient (Wildman–Crippen LogP) is 3.24. The first-order valence-corrected chi connectivity index (χ1v) is 12.6. The molecule has 0 bridgehead atoms. The number of carbonyl (C=O) groups excluding carboxylic acids is 2. The average Bonchev–Trinajstić information content (AvgIpc) is 3.42. The van der Waals surface area contributed by atoms with E-state index in [1.807, 2.05) is 10.1 Å². The minimum absolute atomic E-state index is 0.156. The highest BCUT2D eigenvalue weighted by Crippen LogP contribution is 2.34. The Bertz CT molecular complexity index is 1230. The lowest BCUT2D eigenvalue weighted by Crippen LogP contribution is -2.37. The maximum Gasteiger partial charge on any atom is 0.274 e. The van der Waals surface area contributed by atoms with Crippen molar-refractivity contribution < 1.29 is 19.1 Å². The molecule has 0 radical (unpaired) electrons. The summed E-state index contributed by atoms with van der Waals surface area (Å²) in [5, 5.41) is 6.71. The van der Waals surface area contributed by atoms with E-state index in [0.717, 1.165) is 23.5 Å². The summed E-state index contributed by atoms with van der Waals surface area (Å²) in [5.74, 6) is 1.39. The van der Waals surface area contributed by atoms with Gasteiger partial charge in [0.05, 0.1) is 44.1 Å². The van der Waals surface area contributed by atoms with Crippen molar-refractivity contribution in [3.63, 3.8) is 0 Å². The van der Waals surface area contributed by atoms with E-state index in [1.54, 1.807) is 54.8 Å². The Balaban J connectivity index is 1.44. The molecule has 2 aliphatic rings. The van der Waals surface area contributed by atoms with E-state index in [2.05, 4.69) is 4.98 Å². The molecule has 3 heterocycles. The highest BCUT2D eigenvalue weighted by molar-refractivity contribution is 7.07. The Kier molecular flexibility index (Phi) is 6.46. The van der Waals surface area contributed by atoms with Gasteiger partial charge in [0.25, 0.3) is 11.8 Å². The van der Waals surface area contributed by atoms with Crippen LogP contribution in [0.2, 0.25) is 0 Å². The second kappa shape index (κ2) is 9.69. The van der Waals surface area contributed by atoms with Gasteiger partial charge in [0.15, 0.2) is 5.69 Å². The standard InChI is InChI=1S/C25H29N5O4S/c1-28(12-17-14-35-15-26-17)25(32)23-20-13-29(9-8-21(20)30(27-23)11-16-4-5-16)24(31)19-10-18(33-2)6-7-22(19)34-3/h6-7,10,14-16H,4-5,8-9,11-13H2,1-3H3. The van der Waals surface area contributed by atoms with E-state index in [1.165, 1.54) is 24.2 Å². The van der Waals surface area contributed by atoms with Gasteiger partial charge in [0.1, 0.15) is 11.5 Å². The number of aromatic nitrogens is 3. The number of ether oxygens (including phenoxy) is 2. The Labute approximate surface area is 208 Å². The molecule has 10 heteroatoms. The molecule has 0 N–H and O–H groups in total. The van der Waals surface area contributed by atoms with E-state index in [9.17, 15) is 9.59 Å². The van der Waals surface area contributed by atoms with Gasteiger partial charge in [0.2, 0.25) is 0 Å². The number of nitrogens with zero attached hydrogens (tertiary/aromatic N) is 5. The molecule has 0 saturated heterocycles. The number of methoxy groups -OCH3 is 2. The van der Waals surface area contributed by atoms with Crippen molar-refractivity contribution in [1.82, 2.24) is 24.6 Å². The fourth-order valence-corrected chi connectivity index (χ4v) is 5.04. The first-order valence-electron chi connectivity index (χ1n) is 11.7. The van der Waals surface area contributed by atoms with Gasteiger partial charge in [-0.2, -0.15) is 5.10 Å². The molecular weight excluding hydrogens is 466 g/mol. The first kappa shape index (κ1) is 23.3. The fourth-order valence-electron chi connectivity index (χ4n) is 4.49. The van der Waals surface area contributed by atoms with Crippen LogP contribution in [-0.4, -0.2) is 64.2 Å². The van der Waals surface area contributed by atoms with Crippen LogP contribution >= 0.6 is 11.3 Å². The number of hydrogen-bond acceptors (Lipinski definition) is 7. The van der Waals surface area contributed by atoms with Crippen LogP contribution in [0.3, 0.4) is 0 Å². The van der Waals surface area contributed by atoms with Crippen molar-refractivity contribution in [3.8, 4) is 11.5 Å². The fraction of sp³-hybridized carbons (Fsp3) is 0.440. The Hall–Kier alpha value is -3.40. The van der Waals surface area contributed by atoms with Crippen molar-refractivity contribution in [2.24, 2.45) is 5.92 Å². The molecule has 9 nitrogen and oxygen atoms in total. The van der Waals surface area contributed by atoms with E-state index >= 15 is 0 Å². The zero-order chi connectivity index (χ0) is 24.5. The van der Waals surface area contributed by atoms with Crippen molar-refractivity contribution in [1.29, 1.82) is 0 Å². The molecule has 2 amide bonds. The van der Waals surface area contributed by atoms with Crippen LogP contribution in [-0.2, 0) is 26.1 Å². The van der Waals surface area contributed by atoms with Crippen LogP contribution in [0.25, 0.3) is 0 Å². The summed E-state index contributed by atoms with van der Waals surface area (Å²) in [6, 6.07) is 5.19. The lowest BCUT2D eigenvalue weighted by molar-refractivity contribution is 0.0717. The SMILES string of the molecule is COc1ccc(OC)c(C(=O)N2CCc3c(c(C(=O)N(C)Cc4cscn4)nn3CC3CC3)C2)c1. The zero-order valence-electron chi connectivity index (χ0n) is 20.2. The predicted molar refractivity (Wildman–Crippen MR) is 131 cm³/mol. The Morgan fingerprint density at radius 3 is 2.74 bits per heavy atom. The van der Waals surface area contributed by atoms with E-state index in [-0.39, 0.29) is 11.8 Å². The van der Waals surface area contributed by atoms with Crippen LogP contribution in [0.4, 0.5) is 0 Å². The highest BCUT2D eigenvalue weighted by Gasteiger charge is 2.34. The topological polar surface area (TPSA) is 89.8 Å². The monoisotopic (exact) mass is 495 g/mol. The molecule has 184 valence electrons. The molecule has 1 aromatic carbocycles. The van der Waals surface area contributed by atoms with Crippen LogP contribution in [0.5, 0.6) is 11.5 Å². The molecule has 0 spiro atoms. The maximum absolute atomic E-state index is 13.5. The van der Waals surface area contributed by atoms with Crippen molar-refractivity contribution in [2.75, 3.05) is 27.8 Å². The normalized spacial score (nSPS) is 15.0. The van der Waals surface area contributed by atoms with Gasteiger partial charge in [0, 0.05) is 43.2 Å². The lowest BCUT2D eigenvalue weighted by Gasteiger charge is -2.29. The summed E-state index contributed by atoms with van der Waals surface area (Å²) in [6.45, 7) is 2.11. The summed E-state index contributed by atoms with van der Waals surface area (Å²) < 4.78 is 12.8. The molecule has 5 rings (SSSR count). The average molecular weight is 496 g/mol. The van der Waals surface area contributed by atoms with Gasteiger partial charge in [-0.05, 0) is 37.0 Å². The molecule has 1 fully saturated rings. The highest BCUT2D eigenvalue weighted by atomic mass is 32.1. The van der Waals surface area contributed by atoms with Crippen LogP contribution in [0.15, 0.2) is 29.1 Å². The Morgan fingerprint density at radius 1 is 1.23 bits per heavy atom. The number of rotatable bonds is 8. The van der Waals surface area contributed by atoms with Gasteiger partial charge < -0.3 is 19.3 Å². The number of thiazole rings is 1. The van der Waals surface area contributed by atoms with E-state index in [4.69, 9.17) is 14.6 Å². The minimum Gasteiger partial charge on any atom is -0.497 e. The molecule has 1 aliphatic carbocycles. The number of carbonyl (C=O) groups is 2. The number of benzene rings is 1. The first-order chi connectivity index (χ1) is 17.0. The molecule has 35 heavy (non-hydrogen) atoms. The van der Waals surface area contributed by atoms with Gasteiger partial charge in [-0.1, -0.05) is 0 Å². The third-order valence-electron chi connectivity index (χ3n) is 6.62. The van der Waals surface area contributed by atoms with E-state index in [0.29, 0.717) is 54.7 Å². The summed E-state index contributed by atoms with van der Waals surface area (Å²) >= 11 is 1.50. The van der Waals surface area contributed by atoms with Crippen molar-refractivity contribution >= 4 is 23.2 Å². The molecule has 1 saturated carbocycles. The molecule has 0 atom stereocenters. The van der Waals surface area contributed by atoms with Gasteiger partial charge >= 0.3 is 0 Å². The smallest absolute Gasteiger partial charge is 0.274 e. The van der Waals surface area contributed by atoms with E-state index < -0.39 is 0 Å². The van der Waals surface area contributed by atoms with Crippen molar-refractivity contribution in [3.05, 3.63) is 57.3 Å². The summed E-state index contributed by atoms with van der Waals surface area (Å²) in [6.07, 6.45) is 3.04. The number of fused-ring (bicyclic) bond motifs is 1.